The summed E-state index contributed by atoms with van der Waals surface area (Å²) in [5.41, 5.74) is 2.49. The van der Waals surface area contributed by atoms with Crippen molar-refractivity contribution in [3.8, 4) is 5.75 Å². The number of hydrogen-bond donors (Lipinski definition) is 1. The number of methoxy groups -OCH3 is 1. The number of benzene rings is 1. The Morgan fingerprint density at radius 2 is 2.00 bits per heavy atom. The highest BCUT2D eigenvalue weighted by atomic mass is 16.5. The van der Waals surface area contributed by atoms with Gasteiger partial charge >= 0.3 is 0 Å². The largest absolute Gasteiger partial charge is 0.496 e. The lowest BCUT2D eigenvalue weighted by Gasteiger charge is -2.33. The fourth-order valence-electron chi connectivity index (χ4n) is 3.49. The Bertz CT molecular complexity index is 419. The van der Waals surface area contributed by atoms with E-state index in [1.165, 1.54) is 31.2 Å². The van der Waals surface area contributed by atoms with Gasteiger partial charge in [0.05, 0.1) is 13.2 Å². The van der Waals surface area contributed by atoms with Gasteiger partial charge in [0.25, 0.3) is 0 Å². The van der Waals surface area contributed by atoms with Crippen LogP contribution in [0, 0.1) is 12.3 Å². The molecule has 1 saturated carbocycles. The summed E-state index contributed by atoms with van der Waals surface area (Å²) >= 11 is 0. The Kier molecular flexibility index (Phi) is 4.51. The molecular formula is C17H26O2. The third-order valence-electron chi connectivity index (χ3n) is 4.86. The summed E-state index contributed by atoms with van der Waals surface area (Å²) in [6.45, 7) is 4.29. The fraction of sp³-hybridized carbons (Fsp3) is 0.647. The van der Waals surface area contributed by atoms with E-state index in [1.807, 2.05) is 6.07 Å². The van der Waals surface area contributed by atoms with Crippen LogP contribution in [-0.4, -0.2) is 18.3 Å². The molecule has 0 amide bonds. The lowest BCUT2D eigenvalue weighted by molar-refractivity contribution is 0.0253. The smallest absolute Gasteiger partial charge is 0.122 e. The molecule has 2 rings (SSSR count). The summed E-state index contributed by atoms with van der Waals surface area (Å²) in [6.07, 6.45) is 6.38. The van der Waals surface area contributed by atoms with Gasteiger partial charge in [0.15, 0.2) is 0 Å². The molecule has 2 nitrogen and oxygen atoms in total. The molecule has 0 heterocycles. The average molecular weight is 262 g/mol. The molecule has 2 heteroatoms. The molecule has 0 spiro atoms. The molecule has 1 fully saturated rings. The van der Waals surface area contributed by atoms with Crippen LogP contribution in [0.1, 0.15) is 50.2 Å². The van der Waals surface area contributed by atoms with Gasteiger partial charge < -0.3 is 9.84 Å². The van der Waals surface area contributed by atoms with Crippen LogP contribution in [0.5, 0.6) is 5.75 Å². The molecule has 1 unspecified atom stereocenters. The fourth-order valence-corrected chi connectivity index (χ4v) is 3.49. The molecule has 1 aromatic carbocycles. The topological polar surface area (TPSA) is 29.5 Å². The summed E-state index contributed by atoms with van der Waals surface area (Å²) in [7, 11) is 1.70. The van der Waals surface area contributed by atoms with E-state index in [2.05, 4.69) is 26.0 Å². The summed E-state index contributed by atoms with van der Waals surface area (Å²) < 4.78 is 5.42. The van der Waals surface area contributed by atoms with Crippen molar-refractivity contribution >= 4 is 0 Å². The molecule has 1 atom stereocenters. The molecule has 1 aliphatic rings. The quantitative estimate of drug-likeness (QED) is 0.872. The molecule has 0 saturated heterocycles. The molecule has 1 aliphatic carbocycles. The Labute approximate surface area is 116 Å². The van der Waals surface area contributed by atoms with Crippen LogP contribution < -0.4 is 4.74 Å². The van der Waals surface area contributed by atoms with Gasteiger partial charge in [-0.25, -0.2) is 0 Å². The Hall–Kier alpha value is -1.02. The van der Waals surface area contributed by atoms with Crippen molar-refractivity contribution in [2.24, 2.45) is 5.41 Å². The van der Waals surface area contributed by atoms with Crippen LogP contribution >= 0.6 is 0 Å². The standard InChI is InChI=1S/C17H26O2/c1-4-17(9-5-6-10-17)16(18)12-14-11-13(2)7-8-15(14)19-3/h7-8,11,16,18H,4-6,9-10,12H2,1-3H3. The van der Waals surface area contributed by atoms with Crippen LogP contribution in [0.3, 0.4) is 0 Å². The Balaban J connectivity index is 2.18. The second kappa shape index (κ2) is 5.96. The van der Waals surface area contributed by atoms with Gasteiger partial charge in [0.2, 0.25) is 0 Å². The van der Waals surface area contributed by atoms with Crippen molar-refractivity contribution in [3.05, 3.63) is 29.3 Å². The van der Waals surface area contributed by atoms with Gasteiger partial charge in [0, 0.05) is 6.42 Å². The van der Waals surface area contributed by atoms with E-state index in [0.29, 0.717) is 6.42 Å². The Morgan fingerprint density at radius 3 is 2.58 bits per heavy atom. The van der Waals surface area contributed by atoms with E-state index >= 15 is 0 Å². The van der Waals surface area contributed by atoms with Crippen molar-refractivity contribution in [3.63, 3.8) is 0 Å². The lowest BCUT2D eigenvalue weighted by atomic mass is 9.75. The number of aliphatic hydroxyl groups is 1. The van der Waals surface area contributed by atoms with E-state index in [9.17, 15) is 5.11 Å². The molecule has 0 bridgehead atoms. The number of hydrogen-bond acceptors (Lipinski definition) is 2. The number of rotatable bonds is 5. The van der Waals surface area contributed by atoms with Crippen LogP contribution in [0.25, 0.3) is 0 Å². The molecular weight excluding hydrogens is 236 g/mol. The monoisotopic (exact) mass is 262 g/mol. The third kappa shape index (κ3) is 2.94. The minimum Gasteiger partial charge on any atom is -0.496 e. The van der Waals surface area contributed by atoms with E-state index in [1.54, 1.807) is 7.11 Å². The normalized spacial score (nSPS) is 19.4. The van der Waals surface area contributed by atoms with Crippen LogP contribution in [0.2, 0.25) is 0 Å². The molecule has 0 aliphatic heterocycles. The van der Waals surface area contributed by atoms with Gasteiger partial charge in [-0.15, -0.1) is 0 Å². The first-order valence-corrected chi connectivity index (χ1v) is 7.43. The molecule has 1 aromatic rings. The van der Waals surface area contributed by atoms with Crippen molar-refractivity contribution < 1.29 is 9.84 Å². The summed E-state index contributed by atoms with van der Waals surface area (Å²) in [5, 5.41) is 10.7. The van der Waals surface area contributed by atoms with Gasteiger partial charge in [-0.1, -0.05) is 37.5 Å². The minimum atomic E-state index is -0.254. The van der Waals surface area contributed by atoms with Gasteiger partial charge in [-0.05, 0) is 43.2 Å². The summed E-state index contributed by atoms with van der Waals surface area (Å²) in [4.78, 5) is 0. The molecule has 106 valence electrons. The summed E-state index contributed by atoms with van der Waals surface area (Å²) in [5.74, 6) is 0.897. The predicted molar refractivity (Wildman–Crippen MR) is 78.6 cm³/mol. The predicted octanol–water partition coefficient (Wildman–Crippen LogP) is 3.88. The van der Waals surface area contributed by atoms with Crippen LogP contribution in [-0.2, 0) is 6.42 Å². The first-order chi connectivity index (χ1) is 9.11. The van der Waals surface area contributed by atoms with E-state index in [-0.39, 0.29) is 11.5 Å². The van der Waals surface area contributed by atoms with E-state index in [0.717, 1.165) is 17.7 Å². The SMILES string of the molecule is CCC1(C(O)Cc2cc(C)ccc2OC)CCCC1. The highest BCUT2D eigenvalue weighted by molar-refractivity contribution is 5.37. The van der Waals surface area contributed by atoms with E-state index < -0.39 is 0 Å². The first-order valence-electron chi connectivity index (χ1n) is 7.43. The zero-order valence-corrected chi connectivity index (χ0v) is 12.4. The van der Waals surface area contributed by atoms with Crippen molar-refractivity contribution in [1.82, 2.24) is 0 Å². The number of aryl methyl sites for hydroxylation is 1. The van der Waals surface area contributed by atoms with Crippen molar-refractivity contribution in [1.29, 1.82) is 0 Å². The number of ether oxygens (including phenoxy) is 1. The van der Waals surface area contributed by atoms with E-state index in [4.69, 9.17) is 4.74 Å². The second-order valence-corrected chi connectivity index (χ2v) is 5.96. The first kappa shape index (κ1) is 14.4. The van der Waals surface area contributed by atoms with Crippen molar-refractivity contribution in [2.75, 3.05) is 7.11 Å². The average Bonchev–Trinajstić information content (AvgIpc) is 2.89. The maximum Gasteiger partial charge on any atom is 0.122 e. The second-order valence-electron chi connectivity index (χ2n) is 5.96. The molecule has 1 N–H and O–H groups in total. The molecule has 0 aromatic heterocycles. The lowest BCUT2D eigenvalue weighted by Crippen LogP contribution is -2.33. The molecule has 19 heavy (non-hydrogen) atoms. The maximum atomic E-state index is 10.7. The van der Waals surface area contributed by atoms with Crippen molar-refractivity contribution in [2.45, 2.75) is 58.5 Å². The van der Waals surface area contributed by atoms with Gasteiger partial charge in [-0.3, -0.25) is 0 Å². The zero-order valence-electron chi connectivity index (χ0n) is 12.4. The van der Waals surface area contributed by atoms with Crippen LogP contribution in [0.4, 0.5) is 0 Å². The third-order valence-corrected chi connectivity index (χ3v) is 4.86. The summed E-state index contributed by atoms with van der Waals surface area (Å²) in [6, 6.07) is 6.20. The maximum absolute atomic E-state index is 10.7. The minimum absolute atomic E-state index is 0.134. The molecule has 0 radical (unpaired) electrons. The van der Waals surface area contributed by atoms with Gasteiger partial charge in [0.1, 0.15) is 5.75 Å². The number of aliphatic hydroxyl groups excluding tert-OH is 1. The highest BCUT2D eigenvalue weighted by Gasteiger charge is 2.38. The Morgan fingerprint density at radius 1 is 1.32 bits per heavy atom. The zero-order chi connectivity index (χ0) is 13.9. The van der Waals surface area contributed by atoms with Crippen LogP contribution in [0.15, 0.2) is 18.2 Å². The highest BCUT2D eigenvalue weighted by Crippen LogP contribution is 2.45. The van der Waals surface area contributed by atoms with Gasteiger partial charge in [-0.2, -0.15) is 0 Å².